The SMILES string of the molecule is CC1(C)c2cccc(c2)Oc2cccc(c2)C2(CCCC2)N2[C]3=[Pt]=[C]4N1C=CN4C(C)(C)N3c1cc(-c3ccccc3)ccc12. The molecule has 0 N–H and O–H groups in total. The van der Waals surface area contributed by atoms with E-state index in [1.807, 2.05) is 0 Å². The van der Waals surface area contributed by atoms with Crippen molar-refractivity contribution in [3.05, 3.63) is 121 Å². The molecule has 1 aliphatic carbocycles. The van der Waals surface area contributed by atoms with Crippen molar-refractivity contribution in [2.24, 2.45) is 0 Å². The third kappa shape index (κ3) is 3.83. The fraction of sp³-hybridized carbons (Fsp3) is 0.282. The van der Waals surface area contributed by atoms with Crippen molar-refractivity contribution in [2.45, 2.75) is 70.1 Å². The van der Waals surface area contributed by atoms with Crippen molar-refractivity contribution >= 4 is 19.7 Å². The summed E-state index contributed by atoms with van der Waals surface area (Å²) in [4.78, 5) is 10.6. The van der Waals surface area contributed by atoms with Gasteiger partial charge in [-0.05, 0) is 0 Å². The molecule has 45 heavy (non-hydrogen) atoms. The van der Waals surface area contributed by atoms with Crippen LogP contribution in [0.5, 0.6) is 11.5 Å². The molecule has 1 spiro atoms. The summed E-state index contributed by atoms with van der Waals surface area (Å²) in [6.45, 7) is 9.50. The molecule has 0 amide bonds. The summed E-state index contributed by atoms with van der Waals surface area (Å²) in [5.41, 5.74) is 7.08. The van der Waals surface area contributed by atoms with Crippen LogP contribution in [0.15, 0.2) is 109 Å². The average molecular weight is 774 g/mol. The van der Waals surface area contributed by atoms with E-state index in [2.05, 4.69) is 157 Å². The molecule has 4 aliphatic heterocycles. The molecule has 0 aromatic heterocycles. The van der Waals surface area contributed by atoms with Crippen LogP contribution in [-0.4, -0.2) is 23.8 Å². The summed E-state index contributed by atoms with van der Waals surface area (Å²) in [5, 5.41) is 0. The van der Waals surface area contributed by atoms with Crippen molar-refractivity contribution < 1.29 is 22.4 Å². The Kier molecular flexibility index (Phi) is 5.80. The zero-order valence-electron chi connectivity index (χ0n) is 26.2. The van der Waals surface area contributed by atoms with Gasteiger partial charge in [-0.15, -0.1) is 0 Å². The van der Waals surface area contributed by atoms with Crippen molar-refractivity contribution in [1.82, 2.24) is 9.80 Å². The quantitative estimate of drug-likeness (QED) is 0.193. The van der Waals surface area contributed by atoms with E-state index in [1.165, 1.54) is 54.8 Å². The molecule has 4 heterocycles. The third-order valence-corrected chi connectivity index (χ3v) is 13.7. The van der Waals surface area contributed by atoms with Crippen LogP contribution in [0, 0.1) is 0 Å². The fourth-order valence-electron chi connectivity index (χ4n) is 8.02. The van der Waals surface area contributed by atoms with E-state index in [4.69, 9.17) is 4.74 Å². The van der Waals surface area contributed by atoms with Gasteiger partial charge in [0.2, 0.25) is 0 Å². The van der Waals surface area contributed by atoms with Gasteiger partial charge in [0.15, 0.2) is 0 Å². The predicted octanol–water partition coefficient (Wildman–Crippen LogP) is 8.59. The molecule has 0 atom stereocenters. The number of hydrogen-bond donors (Lipinski definition) is 0. The summed E-state index contributed by atoms with van der Waals surface area (Å²) in [7, 11) is 0. The standard InChI is InChI=1S/C39H38N4O.Pt/c1-37(2)31-14-10-16-33(25-31)44-34-17-11-15-32(26-34)39(20-8-9-21-39)43-28-42(38(3,4)41-23-22-40(37)27-41)36-24-30(18-19-35(36)43)29-12-6-5-7-13-29;/h5-7,10-19,22-26H,8-9,20-21H2,1-4H3;. The Morgan fingerprint density at radius 1 is 0.600 bits per heavy atom. The molecular weight excluding hydrogens is 736 g/mol. The van der Waals surface area contributed by atoms with Gasteiger partial charge in [-0.1, -0.05) is 0 Å². The van der Waals surface area contributed by atoms with Crippen LogP contribution in [0.2, 0.25) is 0 Å². The molecule has 4 aromatic rings. The van der Waals surface area contributed by atoms with E-state index in [-0.39, 0.29) is 16.7 Å². The third-order valence-electron chi connectivity index (χ3n) is 10.5. The zero-order valence-corrected chi connectivity index (χ0v) is 28.5. The van der Waals surface area contributed by atoms with E-state index in [9.17, 15) is 0 Å². The Morgan fingerprint density at radius 3 is 2.04 bits per heavy atom. The van der Waals surface area contributed by atoms with Gasteiger partial charge >= 0.3 is 275 Å². The Bertz CT molecular complexity index is 1970. The topological polar surface area (TPSA) is 22.2 Å². The van der Waals surface area contributed by atoms with Gasteiger partial charge in [0.25, 0.3) is 0 Å². The Labute approximate surface area is 273 Å². The minimum atomic E-state index is -0.591. The van der Waals surface area contributed by atoms with Gasteiger partial charge < -0.3 is 0 Å². The summed E-state index contributed by atoms with van der Waals surface area (Å²) in [6.07, 6.45) is 9.34. The van der Waals surface area contributed by atoms with Gasteiger partial charge in [0.05, 0.1) is 0 Å². The van der Waals surface area contributed by atoms with Crippen molar-refractivity contribution in [3.63, 3.8) is 0 Å². The van der Waals surface area contributed by atoms with Crippen LogP contribution < -0.4 is 14.5 Å². The fourth-order valence-corrected chi connectivity index (χ4v) is 12.8. The van der Waals surface area contributed by atoms with E-state index >= 15 is 0 Å². The second kappa shape index (κ2) is 9.53. The first-order chi connectivity index (χ1) is 21.8. The van der Waals surface area contributed by atoms with Gasteiger partial charge in [-0.25, -0.2) is 0 Å². The molecular formula is C39H38N4OPt. The molecule has 1 fully saturated rings. The van der Waals surface area contributed by atoms with E-state index in [0.717, 1.165) is 24.3 Å². The molecule has 9 rings (SSSR count). The molecule has 0 saturated heterocycles. The molecule has 6 bridgehead atoms. The normalized spacial score (nSPS) is 21.4. The summed E-state index contributed by atoms with van der Waals surface area (Å²) in [6, 6.07) is 35.7. The number of nitrogens with zero attached hydrogens (tertiary/aromatic N) is 4. The second-order valence-electron chi connectivity index (χ2n) is 13.8. The average Bonchev–Trinajstić information content (AvgIpc) is 3.78. The van der Waals surface area contributed by atoms with Gasteiger partial charge in [0, 0.05) is 0 Å². The zero-order chi connectivity index (χ0) is 30.6. The van der Waals surface area contributed by atoms with Crippen LogP contribution in [0.4, 0.5) is 11.4 Å². The first-order valence-electron chi connectivity index (χ1n) is 16.1. The maximum absolute atomic E-state index is 6.64. The molecule has 230 valence electrons. The maximum atomic E-state index is 6.64. The number of rotatable bonds is 1. The van der Waals surface area contributed by atoms with E-state index in [1.54, 1.807) is 0 Å². The van der Waals surface area contributed by atoms with Gasteiger partial charge in [0.1, 0.15) is 0 Å². The number of anilines is 2. The van der Waals surface area contributed by atoms with Crippen LogP contribution in [-0.2, 0) is 28.7 Å². The molecule has 6 heteroatoms. The molecule has 0 radical (unpaired) electrons. The number of benzene rings is 4. The molecule has 1 saturated carbocycles. The first kappa shape index (κ1) is 27.4. The summed E-state index contributed by atoms with van der Waals surface area (Å²) < 4.78 is 9.55. The molecule has 0 unspecified atom stereocenters. The van der Waals surface area contributed by atoms with E-state index < -0.39 is 17.6 Å². The van der Waals surface area contributed by atoms with Gasteiger partial charge in [-0.2, -0.15) is 0 Å². The predicted molar refractivity (Wildman–Crippen MR) is 180 cm³/mol. The van der Waals surface area contributed by atoms with Crippen molar-refractivity contribution in [2.75, 3.05) is 9.80 Å². The van der Waals surface area contributed by atoms with Crippen molar-refractivity contribution in [1.29, 1.82) is 0 Å². The van der Waals surface area contributed by atoms with Crippen LogP contribution in [0.3, 0.4) is 0 Å². The van der Waals surface area contributed by atoms with Crippen LogP contribution in [0.1, 0.15) is 64.5 Å². The number of hydrogen-bond acceptors (Lipinski definition) is 5. The van der Waals surface area contributed by atoms with Gasteiger partial charge in [-0.3, -0.25) is 0 Å². The molecule has 5 aliphatic rings. The Balaban J connectivity index is 1.37. The molecule has 5 nitrogen and oxygen atoms in total. The number of fused-ring (bicyclic) bond motifs is 9. The Morgan fingerprint density at radius 2 is 1.29 bits per heavy atom. The monoisotopic (exact) mass is 773 g/mol. The Hall–Kier alpha value is -3.95. The van der Waals surface area contributed by atoms with Crippen LogP contribution in [0.25, 0.3) is 11.1 Å². The first-order valence-corrected chi connectivity index (χ1v) is 18.3. The number of ether oxygens (including phenoxy) is 1. The minimum absolute atomic E-state index is 0.135. The molecule has 4 aromatic carbocycles. The van der Waals surface area contributed by atoms with Crippen molar-refractivity contribution in [3.8, 4) is 22.6 Å². The second-order valence-corrected chi connectivity index (χ2v) is 16.4. The summed E-state index contributed by atoms with van der Waals surface area (Å²) >= 11 is -0.591. The van der Waals surface area contributed by atoms with Crippen LogP contribution >= 0.6 is 0 Å². The summed E-state index contributed by atoms with van der Waals surface area (Å²) in [5.74, 6) is 1.79. The van der Waals surface area contributed by atoms with E-state index in [0.29, 0.717) is 0 Å².